The van der Waals surface area contributed by atoms with Gasteiger partial charge in [-0.25, -0.2) is 0 Å². The predicted molar refractivity (Wildman–Crippen MR) is 109 cm³/mol. The molecule has 0 N–H and O–H groups in total. The summed E-state index contributed by atoms with van der Waals surface area (Å²) in [7, 11) is 0. The van der Waals surface area contributed by atoms with E-state index in [1.165, 1.54) is 4.57 Å². The van der Waals surface area contributed by atoms with E-state index in [0.29, 0.717) is 47.3 Å². The van der Waals surface area contributed by atoms with E-state index < -0.39 is 12.7 Å². The predicted octanol–water partition coefficient (Wildman–Crippen LogP) is 5.86. The Hall–Kier alpha value is -2.89. The first-order chi connectivity index (χ1) is 14.1. The molecule has 0 amide bonds. The molecule has 3 aromatic rings. The van der Waals surface area contributed by atoms with E-state index in [9.17, 15) is 18.0 Å². The zero-order chi connectivity index (χ0) is 21.5. The lowest BCUT2D eigenvalue weighted by Crippen LogP contribution is -2.30. The minimum Gasteiger partial charge on any atom is -0.334 e. The van der Waals surface area contributed by atoms with Crippen molar-refractivity contribution in [2.45, 2.75) is 45.8 Å². The maximum Gasteiger partial charge on any atom is 0.406 e. The second-order valence-electron chi connectivity index (χ2n) is 8.69. The molecular weight excluding hydrogens is 389 g/mol. The summed E-state index contributed by atoms with van der Waals surface area (Å²) in [6.07, 6.45) is -0.111. The monoisotopic (exact) mass is 412 g/mol. The van der Waals surface area contributed by atoms with Crippen molar-refractivity contribution in [3.63, 3.8) is 0 Å². The summed E-state index contributed by atoms with van der Waals surface area (Å²) in [5.74, 6) is -0.0802. The molecule has 0 atom stereocenters. The summed E-state index contributed by atoms with van der Waals surface area (Å²) < 4.78 is 42.2. The molecule has 2 aromatic heterocycles. The van der Waals surface area contributed by atoms with Crippen molar-refractivity contribution >= 4 is 5.78 Å². The fraction of sp³-hybridized carbons (Fsp3) is 0.333. The number of Topliss-reactive ketones (excluding diaryl/α,β-unsaturated/α-hetero) is 1. The molecule has 1 aliphatic rings. The highest BCUT2D eigenvalue weighted by molar-refractivity contribution is 6.02. The van der Waals surface area contributed by atoms with Gasteiger partial charge in [-0.05, 0) is 35.1 Å². The summed E-state index contributed by atoms with van der Waals surface area (Å²) in [5.41, 5.74) is 3.31. The molecule has 0 saturated heterocycles. The van der Waals surface area contributed by atoms with Crippen molar-refractivity contribution in [1.82, 2.24) is 9.55 Å². The van der Waals surface area contributed by atoms with E-state index in [1.807, 2.05) is 44.2 Å². The van der Waals surface area contributed by atoms with Gasteiger partial charge < -0.3 is 4.57 Å². The Balaban J connectivity index is 2.01. The number of fused-ring (bicyclic) bond motifs is 1. The molecule has 2 heterocycles. The molecule has 0 bridgehead atoms. The van der Waals surface area contributed by atoms with Crippen LogP contribution in [0, 0.1) is 5.41 Å². The first kappa shape index (κ1) is 20.4. The molecule has 0 aliphatic heterocycles. The highest BCUT2D eigenvalue weighted by atomic mass is 19.4. The van der Waals surface area contributed by atoms with Crippen molar-refractivity contribution in [2.75, 3.05) is 0 Å². The fourth-order valence-corrected chi connectivity index (χ4v) is 4.44. The number of hydrogen-bond donors (Lipinski definition) is 0. The van der Waals surface area contributed by atoms with Gasteiger partial charge in [0.05, 0.1) is 5.69 Å². The van der Waals surface area contributed by atoms with Gasteiger partial charge in [-0.2, -0.15) is 13.2 Å². The lowest BCUT2D eigenvalue weighted by Gasteiger charge is -2.30. The number of pyridine rings is 1. The third-order valence-electron chi connectivity index (χ3n) is 5.55. The van der Waals surface area contributed by atoms with Crippen LogP contribution in [-0.2, 0) is 19.4 Å². The number of aromatic nitrogens is 2. The van der Waals surface area contributed by atoms with Crippen molar-refractivity contribution in [3.8, 4) is 11.3 Å². The number of carbonyl (C=O) groups is 1. The highest BCUT2D eigenvalue weighted by Crippen LogP contribution is 2.43. The van der Waals surface area contributed by atoms with Gasteiger partial charge in [-0.15, -0.1) is 0 Å². The van der Waals surface area contributed by atoms with E-state index in [4.69, 9.17) is 0 Å². The lowest BCUT2D eigenvalue weighted by atomic mass is 9.75. The number of ketones is 1. The van der Waals surface area contributed by atoms with Gasteiger partial charge in [0.25, 0.3) is 0 Å². The highest BCUT2D eigenvalue weighted by Gasteiger charge is 2.40. The fourth-order valence-electron chi connectivity index (χ4n) is 4.44. The Bertz CT molecular complexity index is 1070. The molecule has 0 radical (unpaired) electrons. The second-order valence-corrected chi connectivity index (χ2v) is 8.69. The Morgan fingerprint density at radius 2 is 1.70 bits per heavy atom. The standard InChI is InChI=1S/C24H23F3N2O/c1-23(2)13-19-21(20(30)14-23)18(12-16-6-4-3-5-7-16)22(17-8-10-28-11-9-17)29(19)15-24(25,26)27/h3-11H,12-15H2,1-2H3. The third-order valence-corrected chi connectivity index (χ3v) is 5.55. The molecule has 156 valence electrons. The van der Waals surface area contributed by atoms with E-state index in [1.54, 1.807) is 24.5 Å². The minimum absolute atomic E-state index is 0.0802. The Morgan fingerprint density at radius 1 is 1.03 bits per heavy atom. The minimum atomic E-state index is -4.40. The van der Waals surface area contributed by atoms with Gasteiger partial charge in [-0.1, -0.05) is 44.2 Å². The third kappa shape index (κ3) is 4.04. The smallest absolute Gasteiger partial charge is 0.334 e. The number of alkyl halides is 3. The second kappa shape index (κ2) is 7.42. The van der Waals surface area contributed by atoms with E-state index >= 15 is 0 Å². The maximum atomic E-state index is 13.6. The molecule has 1 aliphatic carbocycles. The summed E-state index contributed by atoms with van der Waals surface area (Å²) in [6, 6.07) is 13.0. The van der Waals surface area contributed by atoms with Gasteiger partial charge in [0.15, 0.2) is 5.78 Å². The van der Waals surface area contributed by atoms with Crippen LogP contribution in [0.15, 0.2) is 54.9 Å². The molecule has 1 aromatic carbocycles. The van der Waals surface area contributed by atoms with E-state index in [2.05, 4.69) is 4.98 Å². The Morgan fingerprint density at radius 3 is 2.33 bits per heavy atom. The number of halogens is 3. The first-order valence-corrected chi connectivity index (χ1v) is 9.93. The average molecular weight is 412 g/mol. The van der Waals surface area contributed by atoms with Crippen molar-refractivity contribution in [1.29, 1.82) is 0 Å². The average Bonchev–Trinajstić information content (AvgIpc) is 2.94. The molecule has 3 nitrogen and oxygen atoms in total. The molecule has 6 heteroatoms. The normalized spacial score (nSPS) is 15.8. The van der Waals surface area contributed by atoms with Crippen LogP contribution in [0.1, 0.15) is 47.4 Å². The summed E-state index contributed by atoms with van der Waals surface area (Å²) in [6.45, 7) is 2.74. The Kier molecular flexibility index (Phi) is 5.04. The number of benzene rings is 1. The van der Waals surface area contributed by atoms with E-state index in [0.717, 1.165) is 5.56 Å². The quantitative estimate of drug-likeness (QED) is 0.538. The van der Waals surface area contributed by atoms with Gasteiger partial charge in [-0.3, -0.25) is 9.78 Å². The van der Waals surface area contributed by atoms with Crippen LogP contribution in [0.25, 0.3) is 11.3 Å². The van der Waals surface area contributed by atoms with Crippen LogP contribution in [0.4, 0.5) is 13.2 Å². The lowest BCUT2D eigenvalue weighted by molar-refractivity contribution is -0.140. The van der Waals surface area contributed by atoms with Crippen LogP contribution in [0.3, 0.4) is 0 Å². The number of carbonyl (C=O) groups excluding carboxylic acids is 1. The Labute approximate surface area is 173 Å². The molecule has 0 unspecified atom stereocenters. The van der Waals surface area contributed by atoms with Gasteiger partial charge in [0, 0.05) is 42.1 Å². The SMILES string of the molecule is CC1(C)CC(=O)c2c(Cc3ccccc3)c(-c3ccncc3)n(CC(F)(F)F)c2C1. The molecule has 30 heavy (non-hydrogen) atoms. The molecule has 0 spiro atoms. The van der Waals surface area contributed by atoms with Crippen LogP contribution in [-0.4, -0.2) is 21.5 Å². The number of nitrogens with zero attached hydrogens (tertiary/aromatic N) is 2. The summed E-state index contributed by atoms with van der Waals surface area (Å²) in [5, 5.41) is 0. The maximum absolute atomic E-state index is 13.6. The van der Waals surface area contributed by atoms with Crippen molar-refractivity contribution in [2.24, 2.45) is 5.41 Å². The largest absolute Gasteiger partial charge is 0.406 e. The number of hydrogen-bond acceptors (Lipinski definition) is 2. The summed E-state index contributed by atoms with van der Waals surface area (Å²) in [4.78, 5) is 17.2. The molecule has 0 fully saturated rings. The molecule has 0 saturated carbocycles. The first-order valence-electron chi connectivity index (χ1n) is 9.93. The molecular formula is C24H23F3N2O. The van der Waals surface area contributed by atoms with Gasteiger partial charge >= 0.3 is 6.18 Å². The van der Waals surface area contributed by atoms with Crippen molar-refractivity contribution in [3.05, 3.63) is 77.2 Å². The van der Waals surface area contributed by atoms with Gasteiger partial charge in [0.1, 0.15) is 6.54 Å². The topological polar surface area (TPSA) is 34.9 Å². The van der Waals surface area contributed by atoms with Crippen molar-refractivity contribution < 1.29 is 18.0 Å². The summed E-state index contributed by atoms with van der Waals surface area (Å²) >= 11 is 0. The van der Waals surface area contributed by atoms with Crippen LogP contribution >= 0.6 is 0 Å². The number of rotatable bonds is 4. The molecule has 4 rings (SSSR count). The zero-order valence-corrected chi connectivity index (χ0v) is 17.0. The van der Waals surface area contributed by atoms with Gasteiger partial charge in [0.2, 0.25) is 0 Å². The van der Waals surface area contributed by atoms with Crippen LogP contribution in [0.5, 0.6) is 0 Å². The van der Waals surface area contributed by atoms with E-state index in [-0.39, 0.29) is 11.2 Å². The van der Waals surface area contributed by atoms with Crippen LogP contribution < -0.4 is 0 Å². The van der Waals surface area contributed by atoms with Crippen LogP contribution in [0.2, 0.25) is 0 Å². The zero-order valence-electron chi connectivity index (χ0n) is 17.0.